The third-order valence-corrected chi connectivity index (χ3v) is 3.85. The van der Waals surface area contributed by atoms with Crippen molar-refractivity contribution >= 4 is 23.4 Å². The van der Waals surface area contributed by atoms with E-state index in [4.69, 9.17) is 5.26 Å². The van der Waals surface area contributed by atoms with E-state index >= 15 is 0 Å². The van der Waals surface area contributed by atoms with E-state index in [1.807, 2.05) is 6.92 Å². The summed E-state index contributed by atoms with van der Waals surface area (Å²) in [7, 11) is 0. The Labute approximate surface area is 152 Å². The maximum absolute atomic E-state index is 12.3. The van der Waals surface area contributed by atoms with Gasteiger partial charge in [0.25, 0.3) is 5.91 Å². The number of alkyl halides is 3. The number of anilines is 1. The molecule has 1 amide bonds. The maximum atomic E-state index is 12.3. The molecule has 2 aromatic rings. The Balaban J connectivity index is 2.13. The number of hydrogen-bond acceptors (Lipinski definition) is 5. The summed E-state index contributed by atoms with van der Waals surface area (Å²) in [6, 6.07) is 8.77. The van der Waals surface area contributed by atoms with Crippen molar-refractivity contribution in [1.29, 1.82) is 5.26 Å². The molecule has 0 bridgehead atoms. The molecule has 0 spiro atoms. The van der Waals surface area contributed by atoms with Crippen LogP contribution in [0.1, 0.15) is 22.8 Å². The number of carbonyl (C=O) groups is 1. The third kappa shape index (κ3) is 5.67. The second-order valence-corrected chi connectivity index (χ2v) is 6.28. The van der Waals surface area contributed by atoms with Crippen molar-refractivity contribution in [1.82, 2.24) is 4.98 Å². The van der Waals surface area contributed by atoms with Gasteiger partial charge in [-0.1, -0.05) is 6.92 Å². The van der Waals surface area contributed by atoms with Gasteiger partial charge in [-0.3, -0.25) is 4.79 Å². The lowest BCUT2D eigenvalue weighted by Crippen LogP contribution is -2.19. The van der Waals surface area contributed by atoms with Gasteiger partial charge in [-0.05, 0) is 36.1 Å². The van der Waals surface area contributed by atoms with E-state index in [1.165, 1.54) is 36.2 Å². The number of aromatic nitrogens is 1. The van der Waals surface area contributed by atoms with Crippen LogP contribution < -0.4 is 10.1 Å². The van der Waals surface area contributed by atoms with Gasteiger partial charge in [-0.25, -0.2) is 4.98 Å². The van der Waals surface area contributed by atoms with Crippen molar-refractivity contribution in [2.24, 2.45) is 0 Å². The fourth-order valence-corrected chi connectivity index (χ4v) is 2.60. The van der Waals surface area contributed by atoms with Crippen LogP contribution in [0.15, 0.2) is 41.6 Å². The number of amides is 1. The zero-order valence-corrected chi connectivity index (χ0v) is 14.4. The minimum absolute atomic E-state index is 0.107. The molecule has 1 aromatic heterocycles. The van der Waals surface area contributed by atoms with E-state index in [0.717, 1.165) is 5.75 Å². The number of hydrogen-bond donors (Lipinski definition) is 1. The molecule has 1 N–H and O–H groups in total. The summed E-state index contributed by atoms with van der Waals surface area (Å²) in [5.74, 6) is 0.190. The molecule has 1 aromatic carbocycles. The predicted molar refractivity (Wildman–Crippen MR) is 91.3 cm³/mol. The molecule has 0 aliphatic carbocycles. The monoisotopic (exact) mass is 381 g/mol. The molecule has 0 radical (unpaired) electrons. The lowest BCUT2D eigenvalue weighted by atomic mass is 10.2. The zero-order valence-electron chi connectivity index (χ0n) is 13.6. The SMILES string of the molecule is CCSc1cc(C(=O)Nc2ccc(OCC(F)(F)F)c(C#N)c2)ccn1. The minimum atomic E-state index is -4.50. The van der Waals surface area contributed by atoms with Crippen molar-refractivity contribution < 1.29 is 22.7 Å². The van der Waals surface area contributed by atoms with Crippen LogP contribution in [0.25, 0.3) is 0 Å². The number of benzene rings is 1. The number of rotatable bonds is 6. The van der Waals surface area contributed by atoms with Gasteiger partial charge in [0.2, 0.25) is 0 Å². The van der Waals surface area contributed by atoms with Crippen LogP contribution >= 0.6 is 11.8 Å². The second kappa shape index (κ2) is 8.58. The molecular weight excluding hydrogens is 367 g/mol. The fraction of sp³-hybridized carbons (Fsp3) is 0.235. The van der Waals surface area contributed by atoms with E-state index in [2.05, 4.69) is 15.0 Å². The highest BCUT2D eigenvalue weighted by atomic mass is 32.2. The Bertz CT molecular complexity index is 835. The first kappa shape index (κ1) is 19.6. The Kier molecular flexibility index (Phi) is 6.46. The molecule has 0 saturated heterocycles. The lowest BCUT2D eigenvalue weighted by Gasteiger charge is -2.12. The van der Waals surface area contributed by atoms with Gasteiger partial charge in [-0.15, -0.1) is 11.8 Å². The molecule has 26 heavy (non-hydrogen) atoms. The van der Waals surface area contributed by atoms with Gasteiger partial charge < -0.3 is 10.1 Å². The average Bonchev–Trinajstić information content (AvgIpc) is 2.60. The Hall–Kier alpha value is -2.73. The number of ether oxygens (including phenoxy) is 1. The molecule has 2 rings (SSSR count). The molecule has 1 heterocycles. The van der Waals surface area contributed by atoms with Crippen molar-refractivity contribution in [3.05, 3.63) is 47.7 Å². The van der Waals surface area contributed by atoms with Crippen molar-refractivity contribution in [2.45, 2.75) is 18.1 Å². The summed E-state index contributed by atoms with van der Waals surface area (Å²) in [4.78, 5) is 16.4. The average molecular weight is 381 g/mol. The number of nitrogens with one attached hydrogen (secondary N) is 1. The van der Waals surface area contributed by atoms with Gasteiger partial charge in [0.05, 0.1) is 10.6 Å². The van der Waals surface area contributed by atoms with Crippen LogP contribution in [0, 0.1) is 11.3 Å². The van der Waals surface area contributed by atoms with Crippen LogP contribution in [-0.2, 0) is 0 Å². The normalized spacial score (nSPS) is 10.9. The highest BCUT2D eigenvalue weighted by Crippen LogP contribution is 2.25. The predicted octanol–water partition coefficient (Wildman–Crippen LogP) is 4.26. The maximum Gasteiger partial charge on any atom is 0.422 e. The van der Waals surface area contributed by atoms with Gasteiger partial charge in [0.1, 0.15) is 11.8 Å². The van der Waals surface area contributed by atoms with Gasteiger partial charge >= 0.3 is 6.18 Å². The highest BCUT2D eigenvalue weighted by molar-refractivity contribution is 7.99. The van der Waals surface area contributed by atoms with E-state index in [1.54, 1.807) is 18.2 Å². The number of carbonyl (C=O) groups excluding carboxylic acids is 1. The molecular formula is C17H14F3N3O2S. The van der Waals surface area contributed by atoms with E-state index < -0.39 is 18.7 Å². The first-order chi connectivity index (χ1) is 12.3. The molecule has 0 saturated carbocycles. The van der Waals surface area contributed by atoms with Crippen molar-refractivity contribution in [2.75, 3.05) is 17.7 Å². The van der Waals surface area contributed by atoms with Crippen LogP contribution in [0.4, 0.5) is 18.9 Å². The number of pyridine rings is 1. The topological polar surface area (TPSA) is 75.0 Å². The molecule has 0 unspecified atom stereocenters. The first-order valence-electron chi connectivity index (χ1n) is 7.46. The number of thioether (sulfide) groups is 1. The highest BCUT2D eigenvalue weighted by Gasteiger charge is 2.28. The quantitative estimate of drug-likeness (QED) is 0.757. The van der Waals surface area contributed by atoms with Crippen LogP contribution in [-0.4, -0.2) is 29.4 Å². The second-order valence-electron chi connectivity index (χ2n) is 5.00. The standard InChI is InChI=1S/C17H14F3N3O2S/c1-2-26-15-8-11(5-6-22-15)16(24)23-13-3-4-14(12(7-13)9-21)25-10-17(18,19)20/h3-8H,2,10H2,1H3,(H,23,24). The van der Waals surface area contributed by atoms with Crippen molar-refractivity contribution in [3.8, 4) is 11.8 Å². The van der Waals surface area contributed by atoms with Crippen molar-refractivity contribution in [3.63, 3.8) is 0 Å². The Morgan fingerprint density at radius 3 is 2.77 bits per heavy atom. The number of nitrogens with zero attached hydrogens (tertiary/aromatic N) is 2. The van der Waals surface area contributed by atoms with E-state index in [9.17, 15) is 18.0 Å². The Morgan fingerprint density at radius 1 is 1.35 bits per heavy atom. The molecule has 0 atom stereocenters. The molecule has 5 nitrogen and oxygen atoms in total. The fourth-order valence-electron chi connectivity index (χ4n) is 1.96. The summed E-state index contributed by atoms with van der Waals surface area (Å²) < 4.78 is 41.3. The van der Waals surface area contributed by atoms with Gasteiger partial charge in [0, 0.05) is 17.4 Å². The van der Waals surface area contributed by atoms with Gasteiger partial charge in [0.15, 0.2) is 6.61 Å². The summed E-state index contributed by atoms with van der Waals surface area (Å²) >= 11 is 1.49. The minimum Gasteiger partial charge on any atom is -0.483 e. The van der Waals surface area contributed by atoms with E-state index in [-0.39, 0.29) is 17.0 Å². The summed E-state index contributed by atoms with van der Waals surface area (Å²) in [6.07, 6.45) is -2.99. The number of nitriles is 1. The molecule has 136 valence electrons. The zero-order chi connectivity index (χ0) is 19.2. The summed E-state index contributed by atoms with van der Waals surface area (Å²) in [5.41, 5.74) is 0.545. The van der Waals surface area contributed by atoms with Crippen LogP contribution in [0.3, 0.4) is 0 Å². The summed E-state index contributed by atoms with van der Waals surface area (Å²) in [5, 5.41) is 12.4. The smallest absolute Gasteiger partial charge is 0.422 e. The lowest BCUT2D eigenvalue weighted by molar-refractivity contribution is -0.153. The van der Waals surface area contributed by atoms with E-state index in [0.29, 0.717) is 10.6 Å². The number of halogens is 3. The van der Waals surface area contributed by atoms with Crippen LogP contribution in [0.2, 0.25) is 0 Å². The molecule has 0 aliphatic heterocycles. The third-order valence-electron chi connectivity index (χ3n) is 3.04. The molecule has 0 fully saturated rings. The first-order valence-corrected chi connectivity index (χ1v) is 8.45. The molecule has 0 aliphatic rings. The van der Waals surface area contributed by atoms with Gasteiger partial charge in [-0.2, -0.15) is 18.4 Å². The molecule has 9 heteroatoms. The largest absolute Gasteiger partial charge is 0.483 e. The summed E-state index contributed by atoms with van der Waals surface area (Å²) in [6.45, 7) is 0.465. The Morgan fingerprint density at radius 2 is 2.12 bits per heavy atom. The van der Waals surface area contributed by atoms with Crippen LogP contribution in [0.5, 0.6) is 5.75 Å².